The minimum absolute atomic E-state index is 0.00733. The molecule has 0 aliphatic rings. The molecule has 0 spiro atoms. The van der Waals surface area contributed by atoms with E-state index in [9.17, 15) is 18.0 Å². The van der Waals surface area contributed by atoms with Crippen LogP contribution in [0, 0.1) is 0 Å². The van der Waals surface area contributed by atoms with Gasteiger partial charge in [0.15, 0.2) is 0 Å². The molecule has 0 atom stereocenters. The first-order valence-corrected chi connectivity index (χ1v) is 11.1. The van der Waals surface area contributed by atoms with Gasteiger partial charge in [-0.05, 0) is 41.5 Å². The molecule has 0 saturated heterocycles. The Hall–Kier alpha value is -3.20. The normalized spacial score (nSPS) is 11.1. The molecule has 0 heterocycles. The molecule has 0 fully saturated rings. The van der Waals surface area contributed by atoms with Gasteiger partial charge in [-0.15, -0.1) is 0 Å². The molecule has 3 aromatic rings. The van der Waals surface area contributed by atoms with Crippen molar-refractivity contribution in [2.45, 2.75) is 17.9 Å². The number of nitrogens with one attached hydrogen (secondary N) is 2. The minimum Gasteiger partial charge on any atom is -0.369 e. The van der Waals surface area contributed by atoms with E-state index >= 15 is 0 Å². The van der Waals surface area contributed by atoms with Crippen molar-refractivity contribution in [2.24, 2.45) is 5.73 Å². The Labute approximate surface area is 185 Å². The van der Waals surface area contributed by atoms with Gasteiger partial charge in [0.05, 0.1) is 11.4 Å². The summed E-state index contributed by atoms with van der Waals surface area (Å²) in [4.78, 5) is 23.4. The number of sulfonamides is 1. The molecule has 2 amide bonds. The van der Waals surface area contributed by atoms with Crippen LogP contribution in [-0.2, 0) is 27.8 Å². The molecular formula is C22H20ClN3O4S. The fourth-order valence-corrected chi connectivity index (χ4v) is 4.35. The molecule has 4 N–H and O–H groups in total. The topological polar surface area (TPSA) is 118 Å². The zero-order valence-electron chi connectivity index (χ0n) is 16.3. The van der Waals surface area contributed by atoms with E-state index in [1.165, 1.54) is 18.2 Å². The SMILES string of the molecule is NC(=O)Cc1ccc(NC(=O)c2ccc(Cl)c(S(=O)(=O)NCc3ccccc3)c2)cc1. The van der Waals surface area contributed by atoms with Gasteiger partial charge in [-0.1, -0.05) is 54.1 Å². The predicted molar refractivity (Wildman–Crippen MR) is 119 cm³/mol. The number of rotatable bonds is 8. The van der Waals surface area contributed by atoms with Crippen molar-refractivity contribution in [1.82, 2.24) is 4.72 Å². The van der Waals surface area contributed by atoms with Crippen molar-refractivity contribution >= 4 is 39.1 Å². The monoisotopic (exact) mass is 457 g/mol. The van der Waals surface area contributed by atoms with Crippen molar-refractivity contribution in [3.63, 3.8) is 0 Å². The highest BCUT2D eigenvalue weighted by atomic mass is 35.5. The van der Waals surface area contributed by atoms with E-state index in [4.69, 9.17) is 17.3 Å². The van der Waals surface area contributed by atoms with Crippen LogP contribution in [0.25, 0.3) is 0 Å². The van der Waals surface area contributed by atoms with Gasteiger partial charge in [-0.25, -0.2) is 13.1 Å². The second-order valence-electron chi connectivity index (χ2n) is 6.75. The predicted octanol–water partition coefficient (Wildman–Crippen LogP) is 3.10. The third kappa shape index (κ3) is 6.14. The lowest BCUT2D eigenvalue weighted by atomic mass is 10.1. The number of nitrogens with two attached hydrogens (primary N) is 1. The molecule has 3 rings (SSSR count). The highest BCUT2D eigenvalue weighted by molar-refractivity contribution is 7.89. The maximum atomic E-state index is 12.7. The van der Waals surface area contributed by atoms with Gasteiger partial charge in [0.1, 0.15) is 4.90 Å². The highest BCUT2D eigenvalue weighted by Crippen LogP contribution is 2.23. The standard InChI is InChI=1S/C22H20ClN3O4S/c23-19-11-8-17(22(28)26-18-9-6-15(7-10-18)12-21(24)27)13-20(19)31(29,30)25-14-16-4-2-1-3-5-16/h1-11,13,25H,12,14H2,(H2,24,27)(H,26,28). The largest absolute Gasteiger partial charge is 0.369 e. The summed E-state index contributed by atoms with van der Waals surface area (Å²) >= 11 is 6.10. The van der Waals surface area contributed by atoms with E-state index in [-0.39, 0.29) is 28.4 Å². The number of hydrogen-bond acceptors (Lipinski definition) is 4. The van der Waals surface area contributed by atoms with Crippen LogP contribution >= 0.6 is 11.6 Å². The van der Waals surface area contributed by atoms with E-state index in [0.717, 1.165) is 11.1 Å². The number of hydrogen-bond donors (Lipinski definition) is 3. The second-order valence-corrected chi connectivity index (χ2v) is 8.89. The van der Waals surface area contributed by atoms with Crippen LogP contribution in [0.2, 0.25) is 5.02 Å². The van der Waals surface area contributed by atoms with Gasteiger partial charge in [0.25, 0.3) is 5.91 Å². The van der Waals surface area contributed by atoms with Gasteiger partial charge in [0, 0.05) is 17.8 Å². The van der Waals surface area contributed by atoms with Crippen molar-refractivity contribution in [2.75, 3.05) is 5.32 Å². The maximum Gasteiger partial charge on any atom is 0.255 e. The van der Waals surface area contributed by atoms with Crippen molar-refractivity contribution in [3.8, 4) is 0 Å². The Morgan fingerprint density at radius 3 is 2.23 bits per heavy atom. The van der Waals surface area contributed by atoms with E-state index in [2.05, 4.69) is 10.0 Å². The van der Waals surface area contributed by atoms with Crippen LogP contribution in [0.5, 0.6) is 0 Å². The molecule has 3 aromatic carbocycles. The van der Waals surface area contributed by atoms with E-state index in [1.807, 2.05) is 18.2 Å². The first kappa shape index (κ1) is 22.5. The van der Waals surface area contributed by atoms with Gasteiger partial charge in [-0.2, -0.15) is 0 Å². The van der Waals surface area contributed by atoms with Gasteiger partial charge >= 0.3 is 0 Å². The average molecular weight is 458 g/mol. The summed E-state index contributed by atoms with van der Waals surface area (Å²) in [5, 5.41) is 2.69. The van der Waals surface area contributed by atoms with Crippen LogP contribution in [0.15, 0.2) is 77.7 Å². The number of anilines is 1. The molecule has 0 bridgehead atoms. The summed E-state index contributed by atoms with van der Waals surface area (Å²) in [6.07, 6.45) is 0.0998. The van der Waals surface area contributed by atoms with Gasteiger partial charge in [-0.3, -0.25) is 9.59 Å². The summed E-state index contributed by atoms with van der Waals surface area (Å²) < 4.78 is 27.9. The molecule has 0 aromatic heterocycles. The molecule has 0 unspecified atom stereocenters. The van der Waals surface area contributed by atoms with Crippen molar-refractivity contribution in [3.05, 3.63) is 94.5 Å². The Balaban J connectivity index is 1.75. The van der Waals surface area contributed by atoms with E-state index in [1.54, 1.807) is 36.4 Å². The number of benzene rings is 3. The molecule has 160 valence electrons. The highest BCUT2D eigenvalue weighted by Gasteiger charge is 2.20. The molecule has 0 saturated carbocycles. The lowest BCUT2D eigenvalue weighted by molar-refractivity contribution is -0.117. The third-order valence-corrected chi connectivity index (χ3v) is 6.27. The number of halogens is 1. The second kappa shape index (κ2) is 9.74. The zero-order valence-corrected chi connectivity index (χ0v) is 17.9. The van der Waals surface area contributed by atoms with Crippen LogP contribution < -0.4 is 15.8 Å². The van der Waals surface area contributed by atoms with Crippen LogP contribution in [0.1, 0.15) is 21.5 Å². The summed E-state index contributed by atoms with van der Waals surface area (Å²) in [5.41, 5.74) is 7.28. The third-order valence-electron chi connectivity index (χ3n) is 4.38. The Morgan fingerprint density at radius 2 is 1.58 bits per heavy atom. The summed E-state index contributed by atoms with van der Waals surface area (Å²) in [6, 6.07) is 19.7. The molecule has 9 heteroatoms. The average Bonchev–Trinajstić information content (AvgIpc) is 2.74. The first-order valence-electron chi connectivity index (χ1n) is 9.26. The number of carbonyl (C=O) groups excluding carboxylic acids is 2. The van der Waals surface area contributed by atoms with Crippen molar-refractivity contribution < 1.29 is 18.0 Å². The molecular weight excluding hydrogens is 438 g/mol. The molecule has 0 radical (unpaired) electrons. The minimum atomic E-state index is -3.94. The zero-order chi connectivity index (χ0) is 22.4. The van der Waals surface area contributed by atoms with Gasteiger partial charge < -0.3 is 11.1 Å². The number of primary amides is 1. The Bertz CT molecular complexity index is 1200. The number of amides is 2. The van der Waals surface area contributed by atoms with E-state index in [0.29, 0.717) is 5.69 Å². The van der Waals surface area contributed by atoms with Crippen LogP contribution in [0.4, 0.5) is 5.69 Å². The van der Waals surface area contributed by atoms with Crippen molar-refractivity contribution in [1.29, 1.82) is 0 Å². The van der Waals surface area contributed by atoms with Crippen LogP contribution in [-0.4, -0.2) is 20.2 Å². The van der Waals surface area contributed by atoms with E-state index < -0.39 is 21.8 Å². The summed E-state index contributed by atoms with van der Waals surface area (Å²) in [6.45, 7) is 0.0909. The quantitative estimate of drug-likeness (QED) is 0.481. The first-order chi connectivity index (χ1) is 14.7. The number of carbonyl (C=O) groups is 2. The molecule has 31 heavy (non-hydrogen) atoms. The fraction of sp³-hybridized carbons (Fsp3) is 0.0909. The smallest absolute Gasteiger partial charge is 0.255 e. The lowest BCUT2D eigenvalue weighted by Gasteiger charge is -2.11. The molecule has 0 aliphatic carbocycles. The Kier molecular flexibility index (Phi) is 7.06. The van der Waals surface area contributed by atoms with Crippen LogP contribution in [0.3, 0.4) is 0 Å². The molecule has 7 nitrogen and oxygen atoms in total. The fourth-order valence-electron chi connectivity index (χ4n) is 2.81. The summed E-state index contributed by atoms with van der Waals surface area (Å²) in [5.74, 6) is -0.952. The molecule has 0 aliphatic heterocycles. The summed E-state index contributed by atoms with van der Waals surface area (Å²) in [7, 11) is -3.94. The van der Waals surface area contributed by atoms with Gasteiger partial charge in [0.2, 0.25) is 15.9 Å². The lowest BCUT2D eigenvalue weighted by Crippen LogP contribution is -2.24. The Morgan fingerprint density at radius 1 is 0.903 bits per heavy atom. The maximum absolute atomic E-state index is 12.7.